The average molecular weight is 199 g/mol. The van der Waals surface area contributed by atoms with Crippen molar-refractivity contribution in [1.29, 1.82) is 0 Å². The summed E-state index contributed by atoms with van der Waals surface area (Å²) in [6, 6.07) is 0.414. The molecule has 1 saturated heterocycles. The molecule has 1 rings (SSSR count). The molecule has 0 aromatic rings. The van der Waals surface area contributed by atoms with Crippen molar-refractivity contribution in [2.75, 3.05) is 13.7 Å². The van der Waals surface area contributed by atoms with Crippen LogP contribution in [0, 0.1) is 0 Å². The van der Waals surface area contributed by atoms with Crippen LogP contribution in [0.4, 0.5) is 0 Å². The fourth-order valence-electron chi connectivity index (χ4n) is 2.16. The normalized spacial score (nSPS) is 26.9. The van der Waals surface area contributed by atoms with Gasteiger partial charge in [0, 0.05) is 26.1 Å². The van der Waals surface area contributed by atoms with Gasteiger partial charge in [0.25, 0.3) is 0 Å². The SMILES string of the molecule is CCCC1CC(OC)CN1C(=O)CC. The smallest absolute Gasteiger partial charge is 0.222 e. The molecule has 1 aliphatic rings. The van der Waals surface area contributed by atoms with E-state index >= 15 is 0 Å². The third-order valence-corrected chi connectivity index (χ3v) is 2.95. The first kappa shape index (κ1) is 11.5. The maximum Gasteiger partial charge on any atom is 0.222 e. The summed E-state index contributed by atoms with van der Waals surface area (Å²) in [6.07, 6.45) is 4.11. The maximum absolute atomic E-state index is 11.6. The van der Waals surface area contributed by atoms with Crippen molar-refractivity contribution in [3.05, 3.63) is 0 Å². The van der Waals surface area contributed by atoms with Crippen LogP contribution in [0.2, 0.25) is 0 Å². The monoisotopic (exact) mass is 199 g/mol. The summed E-state index contributed by atoms with van der Waals surface area (Å²) >= 11 is 0. The molecular weight excluding hydrogens is 178 g/mol. The largest absolute Gasteiger partial charge is 0.380 e. The van der Waals surface area contributed by atoms with Gasteiger partial charge in [0.15, 0.2) is 0 Å². The number of nitrogens with zero attached hydrogens (tertiary/aromatic N) is 1. The molecular formula is C11H21NO2. The second-order valence-electron chi connectivity index (χ2n) is 3.94. The Labute approximate surface area is 86.4 Å². The van der Waals surface area contributed by atoms with Crippen molar-refractivity contribution in [2.24, 2.45) is 0 Å². The lowest BCUT2D eigenvalue weighted by Crippen LogP contribution is -2.35. The molecule has 0 radical (unpaired) electrons. The van der Waals surface area contributed by atoms with Gasteiger partial charge < -0.3 is 9.64 Å². The summed E-state index contributed by atoms with van der Waals surface area (Å²) in [5.41, 5.74) is 0. The molecule has 1 heterocycles. The highest BCUT2D eigenvalue weighted by Crippen LogP contribution is 2.24. The molecule has 0 saturated carbocycles. The Kier molecular flexibility index (Phi) is 4.39. The van der Waals surface area contributed by atoms with E-state index in [9.17, 15) is 4.79 Å². The first-order valence-electron chi connectivity index (χ1n) is 5.55. The summed E-state index contributed by atoms with van der Waals surface area (Å²) in [6.45, 7) is 4.87. The molecule has 0 aliphatic carbocycles. The molecule has 0 bridgehead atoms. The van der Waals surface area contributed by atoms with Crippen LogP contribution in [0.3, 0.4) is 0 Å². The number of carbonyl (C=O) groups is 1. The van der Waals surface area contributed by atoms with Gasteiger partial charge in [-0.2, -0.15) is 0 Å². The minimum absolute atomic E-state index is 0.252. The first-order valence-corrected chi connectivity index (χ1v) is 5.55. The van der Waals surface area contributed by atoms with E-state index < -0.39 is 0 Å². The maximum atomic E-state index is 11.6. The average Bonchev–Trinajstić information content (AvgIpc) is 2.61. The van der Waals surface area contributed by atoms with Crippen LogP contribution < -0.4 is 0 Å². The Hall–Kier alpha value is -0.570. The molecule has 1 fully saturated rings. The zero-order valence-electron chi connectivity index (χ0n) is 9.45. The van der Waals surface area contributed by atoms with E-state index in [0.29, 0.717) is 12.5 Å². The highest BCUT2D eigenvalue weighted by atomic mass is 16.5. The summed E-state index contributed by atoms with van der Waals surface area (Å²) in [5.74, 6) is 0.267. The van der Waals surface area contributed by atoms with E-state index in [1.54, 1.807) is 7.11 Å². The van der Waals surface area contributed by atoms with E-state index in [1.807, 2.05) is 11.8 Å². The van der Waals surface area contributed by atoms with E-state index in [0.717, 1.165) is 25.8 Å². The first-order chi connectivity index (χ1) is 6.72. The molecule has 0 spiro atoms. The van der Waals surface area contributed by atoms with Gasteiger partial charge >= 0.3 is 0 Å². The van der Waals surface area contributed by atoms with Gasteiger partial charge in [0.05, 0.1) is 6.10 Å². The molecule has 0 N–H and O–H groups in total. The Morgan fingerprint density at radius 2 is 2.21 bits per heavy atom. The topological polar surface area (TPSA) is 29.5 Å². The number of carbonyl (C=O) groups excluding carboxylic acids is 1. The molecule has 14 heavy (non-hydrogen) atoms. The van der Waals surface area contributed by atoms with Crippen molar-refractivity contribution in [3.63, 3.8) is 0 Å². The zero-order chi connectivity index (χ0) is 10.6. The fourth-order valence-corrected chi connectivity index (χ4v) is 2.16. The van der Waals surface area contributed by atoms with Crippen molar-refractivity contribution in [3.8, 4) is 0 Å². The summed E-state index contributed by atoms with van der Waals surface area (Å²) in [4.78, 5) is 13.6. The van der Waals surface area contributed by atoms with Crippen LogP contribution in [-0.4, -0.2) is 36.6 Å². The third-order valence-electron chi connectivity index (χ3n) is 2.95. The van der Waals surface area contributed by atoms with Crippen LogP contribution in [0.1, 0.15) is 39.5 Å². The number of rotatable bonds is 4. The lowest BCUT2D eigenvalue weighted by atomic mass is 10.1. The number of ether oxygens (including phenoxy) is 1. The van der Waals surface area contributed by atoms with Gasteiger partial charge in [0.1, 0.15) is 0 Å². The standard InChI is InChI=1S/C11H21NO2/c1-4-6-9-7-10(14-3)8-12(9)11(13)5-2/h9-10H,4-8H2,1-3H3. The molecule has 3 nitrogen and oxygen atoms in total. The Balaban J connectivity index is 2.57. The predicted octanol–water partition coefficient (Wildman–Crippen LogP) is 1.81. The minimum Gasteiger partial charge on any atom is -0.380 e. The number of hydrogen-bond acceptors (Lipinski definition) is 2. The van der Waals surface area contributed by atoms with Gasteiger partial charge in [0.2, 0.25) is 5.91 Å². The molecule has 0 aromatic heterocycles. The van der Waals surface area contributed by atoms with E-state index in [2.05, 4.69) is 6.92 Å². The predicted molar refractivity (Wildman–Crippen MR) is 56.1 cm³/mol. The van der Waals surface area contributed by atoms with Crippen LogP contribution in [-0.2, 0) is 9.53 Å². The van der Waals surface area contributed by atoms with Crippen LogP contribution in [0.25, 0.3) is 0 Å². The van der Waals surface area contributed by atoms with Crippen LogP contribution in [0.15, 0.2) is 0 Å². The van der Waals surface area contributed by atoms with Gasteiger partial charge in [-0.25, -0.2) is 0 Å². The highest BCUT2D eigenvalue weighted by molar-refractivity contribution is 5.76. The van der Waals surface area contributed by atoms with Crippen molar-refractivity contribution >= 4 is 5.91 Å². The van der Waals surface area contributed by atoms with E-state index in [4.69, 9.17) is 4.74 Å². The quantitative estimate of drug-likeness (QED) is 0.691. The molecule has 3 heteroatoms. The lowest BCUT2D eigenvalue weighted by molar-refractivity contribution is -0.132. The van der Waals surface area contributed by atoms with Crippen molar-refractivity contribution in [2.45, 2.75) is 51.7 Å². The van der Waals surface area contributed by atoms with Gasteiger partial charge in [-0.3, -0.25) is 4.79 Å². The number of hydrogen-bond donors (Lipinski definition) is 0. The zero-order valence-corrected chi connectivity index (χ0v) is 9.45. The summed E-state index contributed by atoms with van der Waals surface area (Å²) < 4.78 is 5.32. The molecule has 0 aromatic carbocycles. The number of amides is 1. The number of methoxy groups -OCH3 is 1. The Morgan fingerprint density at radius 3 is 2.71 bits per heavy atom. The summed E-state index contributed by atoms with van der Waals surface area (Å²) in [7, 11) is 1.73. The van der Waals surface area contributed by atoms with Crippen molar-refractivity contribution < 1.29 is 9.53 Å². The second kappa shape index (κ2) is 5.35. The fraction of sp³-hybridized carbons (Fsp3) is 0.909. The molecule has 1 amide bonds. The van der Waals surface area contributed by atoms with E-state index in [1.165, 1.54) is 0 Å². The van der Waals surface area contributed by atoms with Gasteiger partial charge in [-0.05, 0) is 12.8 Å². The van der Waals surface area contributed by atoms with Crippen LogP contribution in [0.5, 0.6) is 0 Å². The molecule has 2 atom stereocenters. The molecule has 82 valence electrons. The number of likely N-dealkylation sites (tertiary alicyclic amines) is 1. The summed E-state index contributed by atoms with van der Waals surface area (Å²) in [5, 5.41) is 0. The van der Waals surface area contributed by atoms with Gasteiger partial charge in [-0.1, -0.05) is 20.3 Å². The molecule has 1 aliphatic heterocycles. The Bertz CT molecular complexity index is 194. The van der Waals surface area contributed by atoms with Crippen molar-refractivity contribution in [1.82, 2.24) is 4.90 Å². The van der Waals surface area contributed by atoms with Gasteiger partial charge in [-0.15, -0.1) is 0 Å². The minimum atomic E-state index is 0.252. The Morgan fingerprint density at radius 1 is 1.50 bits per heavy atom. The van der Waals surface area contributed by atoms with E-state index in [-0.39, 0.29) is 12.0 Å². The molecule has 2 unspecified atom stereocenters. The van der Waals surface area contributed by atoms with Crippen LogP contribution >= 0.6 is 0 Å². The second-order valence-corrected chi connectivity index (χ2v) is 3.94. The lowest BCUT2D eigenvalue weighted by Gasteiger charge is -2.23. The highest BCUT2D eigenvalue weighted by Gasteiger charge is 2.33. The third kappa shape index (κ3) is 2.47.